The highest BCUT2D eigenvalue weighted by Crippen LogP contribution is 2.35. The van der Waals surface area contributed by atoms with Crippen LogP contribution < -0.4 is 14.4 Å². The van der Waals surface area contributed by atoms with E-state index >= 15 is 0 Å². The molecule has 32 heavy (non-hydrogen) atoms. The minimum Gasteiger partial charge on any atom is -0.482 e. The molecule has 1 aromatic heterocycles. The van der Waals surface area contributed by atoms with Gasteiger partial charge in [0.25, 0.3) is 5.91 Å². The molecule has 0 N–H and O–H groups in total. The lowest BCUT2D eigenvalue weighted by Gasteiger charge is -2.34. The number of ether oxygens (including phenoxy) is 3. The van der Waals surface area contributed by atoms with Gasteiger partial charge in [-0.05, 0) is 37.6 Å². The molecule has 2 unspecified atom stereocenters. The first-order valence-corrected chi connectivity index (χ1v) is 11.9. The number of nitrogens with zero attached hydrogens (tertiary/aromatic N) is 3. The van der Waals surface area contributed by atoms with Gasteiger partial charge in [0.05, 0.1) is 23.4 Å². The van der Waals surface area contributed by atoms with Crippen molar-refractivity contribution < 1.29 is 19.0 Å². The smallest absolute Gasteiger partial charge is 0.273 e. The second-order valence-electron chi connectivity index (χ2n) is 8.07. The van der Waals surface area contributed by atoms with Gasteiger partial charge in [-0.2, -0.15) is 0 Å². The maximum absolute atomic E-state index is 13.7. The number of carbonyl (C=O) groups excluding carboxylic acids is 1. The van der Waals surface area contributed by atoms with Crippen LogP contribution in [0.15, 0.2) is 48.5 Å². The molecule has 2 aliphatic heterocycles. The molecule has 0 spiro atoms. The van der Waals surface area contributed by atoms with Gasteiger partial charge in [-0.1, -0.05) is 35.6 Å². The SMILES string of the molecule is CC1Oc2ccccc2OC1C(=O)N(CCCN1CCOCC1)c1nc2ccccc2s1. The molecule has 0 aliphatic carbocycles. The Balaban J connectivity index is 1.37. The Labute approximate surface area is 191 Å². The highest BCUT2D eigenvalue weighted by molar-refractivity contribution is 7.22. The third-order valence-corrected chi connectivity index (χ3v) is 6.88. The van der Waals surface area contributed by atoms with Crippen molar-refractivity contribution in [3.8, 4) is 11.5 Å². The maximum Gasteiger partial charge on any atom is 0.273 e. The summed E-state index contributed by atoms with van der Waals surface area (Å²) in [6, 6.07) is 15.4. The Morgan fingerprint density at radius 2 is 1.81 bits per heavy atom. The predicted octanol–water partition coefficient (Wildman–Crippen LogP) is 3.58. The highest BCUT2D eigenvalue weighted by atomic mass is 32.1. The van der Waals surface area contributed by atoms with E-state index < -0.39 is 12.2 Å². The second kappa shape index (κ2) is 9.44. The van der Waals surface area contributed by atoms with E-state index in [1.165, 1.54) is 11.3 Å². The monoisotopic (exact) mass is 453 g/mol. The topological polar surface area (TPSA) is 64.1 Å². The van der Waals surface area contributed by atoms with Crippen LogP contribution in [0.2, 0.25) is 0 Å². The van der Waals surface area contributed by atoms with Gasteiger partial charge in [0.15, 0.2) is 16.6 Å². The van der Waals surface area contributed by atoms with E-state index in [1.807, 2.05) is 55.5 Å². The number of carbonyl (C=O) groups is 1. The molecule has 1 amide bonds. The summed E-state index contributed by atoms with van der Waals surface area (Å²) in [5.74, 6) is 1.15. The molecule has 8 heteroatoms. The van der Waals surface area contributed by atoms with Crippen molar-refractivity contribution >= 4 is 32.6 Å². The molecule has 5 rings (SSSR count). The van der Waals surface area contributed by atoms with E-state index in [9.17, 15) is 4.79 Å². The zero-order chi connectivity index (χ0) is 21.9. The Bertz CT molecular complexity index is 1050. The molecule has 2 atom stereocenters. The van der Waals surface area contributed by atoms with E-state index in [1.54, 1.807) is 4.90 Å². The van der Waals surface area contributed by atoms with Gasteiger partial charge in [0.1, 0.15) is 6.10 Å². The molecule has 3 aromatic rings. The molecule has 0 bridgehead atoms. The van der Waals surface area contributed by atoms with Crippen molar-refractivity contribution in [2.45, 2.75) is 25.6 Å². The summed E-state index contributed by atoms with van der Waals surface area (Å²) in [7, 11) is 0. The number of benzene rings is 2. The van der Waals surface area contributed by atoms with Gasteiger partial charge in [0.2, 0.25) is 6.10 Å². The highest BCUT2D eigenvalue weighted by Gasteiger charge is 2.38. The molecule has 1 saturated heterocycles. The summed E-state index contributed by atoms with van der Waals surface area (Å²) in [5.41, 5.74) is 0.901. The first-order chi connectivity index (χ1) is 15.7. The van der Waals surface area contributed by atoms with Crippen molar-refractivity contribution in [3.05, 3.63) is 48.5 Å². The van der Waals surface area contributed by atoms with Gasteiger partial charge in [-0.3, -0.25) is 14.6 Å². The quantitative estimate of drug-likeness (QED) is 0.569. The number of hydrogen-bond acceptors (Lipinski definition) is 7. The minimum absolute atomic E-state index is 0.118. The number of aromatic nitrogens is 1. The number of hydrogen-bond donors (Lipinski definition) is 0. The van der Waals surface area contributed by atoms with Crippen molar-refractivity contribution in [1.29, 1.82) is 0 Å². The molecular formula is C24H27N3O4S. The van der Waals surface area contributed by atoms with Gasteiger partial charge < -0.3 is 14.2 Å². The average Bonchev–Trinajstić information content (AvgIpc) is 3.25. The van der Waals surface area contributed by atoms with Crippen LogP contribution in [0, 0.1) is 0 Å². The van der Waals surface area contributed by atoms with Crippen LogP contribution in [0.5, 0.6) is 11.5 Å². The first kappa shape index (κ1) is 21.2. The molecule has 2 aliphatic rings. The maximum atomic E-state index is 13.7. The van der Waals surface area contributed by atoms with Gasteiger partial charge >= 0.3 is 0 Å². The zero-order valence-corrected chi connectivity index (χ0v) is 18.9. The summed E-state index contributed by atoms with van der Waals surface area (Å²) in [4.78, 5) is 22.6. The normalized spacial score (nSPS) is 20.9. The van der Waals surface area contributed by atoms with E-state index in [-0.39, 0.29) is 5.91 Å². The third-order valence-electron chi connectivity index (χ3n) is 5.82. The lowest BCUT2D eigenvalue weighted by molar-refractivity contribution is -0.130. The number of thiazole rings is 1. The molecule has 7 nitrogen and oxygen atoms in total. The van der Waals surface area contributed by atoms with E-state index in [0.717, 1.165) is 49.5 Å². The predicted molar refractivity (Wildman–Crippen MR) is 125 cm³/mol. The summed E-state index contributed by atoms with van der Waals surface area (Å²) in [5, 5.41) is 0.702. The summed E-state index contributed by atoms with van der Waals surface area (Å²) in [6.07, 6.45) is -0.269. The van der Waals surface area contributed by atoms with E-state index in [4.69, 9.17) is 19.2 Å². The summed E-state index contributed by atoms with van der Waals surface area (Å²) in [6.45, 7) is 6.77. The first-order valence-electron chi connectivity index (χ1n) is 11.1. The van der Waals surface area contributed by atoms with Crippen LogP contribution >= 0.6 is 11.3 Å². The van der Waals surface area contributed by atoms with Crippen LogP contribution in [0.3, 0.4) is 0 Å². The van der Waals surface area contributed by atoms with Gasteiger partial charge in [-0.15, -0.1) is 0 Å². The fraction of sp³-hybridized carbons (Fsp3) is 0.417. The average molecular weight is 454 g/mol. The molecule has 168 valence electrons. The largest absolute Gasteiger partial charge is 0.482 e. The number of morpholine rings is 1. The van der Waals surface area contributed by atoms with Crippen LogP contribution in [0.25, 0.3) is 10.2 Å². The molecule has 3 heterocycles. The van der Waals surface area contributed by atoms with Crippen LogP contribution in [-0.4, -0.2) is 67.4 Å². The minimum atomic E-state index is -0.722. The zero-order valence-electron chi connectivity index (χ0n) is 18.1. The van der Waals surface area contributed by atoms with Crippen molar-refractivity contribution in [2.75, 3.05) is 44.3 Å². The number of anilines is 1. The third kappa shape index (κ3) is 4.44. The van der Waals surface area contributed by atoms with Gasteiger partial charge in [0, 0.05) is 26.2 Å². The standard InChI is InChI=1S/C24H27N3O4S/c1-17-22(31-20-9-4-3-8-19(20)30-17)23(28)27(12-6-11-26-13-15-29-16-14-26)24-25-18-7-2-5-10-21(18)32-24/h2-5,7-10,17,22H,6,11-16H2,1H3. The van der Waals surface area contributed by atoms with Crippen LogP contribution in [-0.2, 0) is 9.53 Å². The fourth-order valence-corrected chi connectivity index (χ4v) is 5.09. The Morgan fingerprint density at radius 3 is 2.59 bits per heavy atom. The molecule has 0 saturated carbocycles. The number of amides is 1. The number of para-hydroxylation sites is 3. The molecular weight excluding hydrogens is 426 g/mol. The second-order valence-corrected chi connectivity index (χ2v) is 9.08. The molecule has 2 aromatic carbocycles. The van der Waals surface area contributed by atoms with E-state index in [2.05, 4.69) is 4.90 Å². The van der Waals surface area contributed by atoms with Crippen molar-refractivity contribution in [2.24, 2.45) is 0 Å². The molecule has 0 radical (unpaired) electrons. The van der Waals surface area contributed by atoms with Crippen LogP contribution in [0.4, 0.5) is 5.13 Å². The summed E-state index contributed by atoms with van der Waals surface area (Å²) >= 11 is 1.53. The lowest BCUT2D eigenvalue weighted by Crippen LogP contribution is -2.51. The summed E-state index contributed by atoms with van der Waals surface area (Å²) < 4.78 is 18.6. The fourth-order valence-electron chi connectivity index (χ4n) is 4.10. The lowest BCUT2D eigenvalue weighted by atomic mass is 10.1. The van der Waals surface area contributed by atoms with Gasteiger partial charge in [-0.25, -0.2) is 4.98 Å². The van der Waals surface area contributed by atoms with Crippen LogP contribution in [0.1, 0.15) is 13.3 Å². The van der Waals surface area contributed by atoms with Crippen molar-refractivity contribution in [1.82, 2.24) is 9.88 Å². The Morgan fingerprint density at radius 1 is 1.09 bits per heavy atom. The Kier molecular flexibility index (Phi) is 6.25. The number of rotatable bonds is 6. The Hall–Kier alpha value is -2.68. The number of fused-ring (bicyclic) bond motifs is 2. The van der Waals surface area contributed by atoms with E-state index in [0.29, 0.717) is 23.2 Å². The van der Waals surface area contributed by atoms with Crippen molar-refractivity contribution in [3.63, 3.8) is 0 Å². The molecule has 1 fully saturated rings.